The molecule has 6 heteroatoms. The van der Waals surface area contributed by atoms with Gasteiger partial charge in [-0.25, -0.2) is 9.59 Å². The summed E-state index contributed by atoms with van der Waals surface area (Å²) in [5.74, 6) is 13.2. The van der Waals surface area contributed by atoms with E-state index in [9.17, 15) is 9.59 Å². The second-order valence-electron chi connectivity index (χ2n) is 12.6. The molecule has 6 nitrogen and oxygen atoms in total. The predicted molar refractivity (Wildman–Crippen MR) is 207 cm³/mol. The molecule has 0 amide bonds. The standard InChI is InChI=1S/C46H50O6/c1-3-5-7-9-11-15-35-49-41-27-31-43(32-28-41)51-45(47)39-23-19-37(20-24-39)17-13-14-18-38-21-25-40(26-22-38)46(48)52-44-33-29-42(30-34-44)50-36-16-12-10-8-6-4-2/h19-34H,3-12,15-16,35-36H2,1-2H3. The number of rotatable bonds is 20. The highest BCUT2D eigenvalue weighted by Crippen LogP contribution is 2.21. The van der Waals surface area contributed by atoms with Gasteiger partial charge in [0.25, 0.3) is 0 Å². The van der Waals surface area contributed by atoms with Crippen molar-refractivity contribution in [3.8, 4) is 46.7 Å². The van der Waals surface area contributed by atoms with Gasteiger partial charge in [0.15, 0.2) is 0 Å². The van der Waals surface area contributed by atoms with Gasteiger partial charge >= 0.3 is 11.9 Å². The average molecular weight is 699 g/mol. The van der Waals surface area contributed by atoms with Crippen LogP contribution in [0.1, 0.15) is 123 Å². The minimum absolute atomic E-state index is 0.420. The fraction of sp³-hybridized carbons (Fsp3) is 0.348. The van der Waals surface area contributed by atoms with E-state index in [1.165, 1.54) is 64.2 Å². The maximum absolute atomic E-state index is 12.6. The van der Waals surface area contributed by atoms with Crippen LogP contribution in [0, 0.1) is 23.7 Å². The maximum Gasteiger partial charge on any atom is 0.343 e. The first-order valence-electron chi connectivity index (χ1n) is 18.7. The van der Waals surface area contributed by atoms with Gasteiger partial charge in [-0.05, 0) is 122 Å². The van der Waals surface area contributed by atoms with E-state index >= 15 is 0 Å². The zero-order valence-corrected chi connectivity index (χ0v) is 30.6. The summed E-state index contributed by atoms with van der Waals surface area (Å²) in [4.78, 5) is 25.3. The fourth-order valence-electron chi connectivity index (χ4n) is 5.27. The summed E-state index contributed by atoms with van der Waals surface area (Å²) >= 11 is 0. The highest BCUT2D eigenvalue weighted by atomic mass is 16.5. The van der Waals surface area contributed by atoms with Crippen molar-refractivity contribution in [3.05, 3.63) is 119 Å². The lowest BCUT2D eigenvalue weighted by molar-refractivity contribution is 0.0725. The molecule has 0 aromatic heterocycles. The van der Waals surface area contributed by atoms with Crippen LogP contribution in [0.2, 0.25) is 0 Å². The lowest BCUT2D eigenvalue weighted by Crippen LogP contribution is -2.08. The Balaban J connectivity index is 1.16. The van der Waals surface area contributed by atoms with E-state index in [4.69, 9.17) is 18.9 Å². The molecule has 0 fully saturated rings. The molecule has 52 heavy (non-hydrogen) atoms. The third-order valence-corrected chi connectivity index (χ3v) is 8.32. The molecule has 0 atom stereocenters. The molecule has 0 aliphatic rings. The molecule has 0 radical (unpaired) electrons. The number of carbonyl (C=O) groups is 2. The molecular weight excluding hydrogens is 648 g/mol. The molecule has 0 bridgehead atoms. The van der Waals surface area contributed by atoms with E-state index in [2.05, 4.69) is 37.5 Å². The molecule has 0 saturated carbocycles. The summed E-state index contributed by atoms with van der Waals surface area (Å²) < 4.78 is 22.6. The third kappa shape index (κ3) is 14.8. The molecule has 0 saturated heterocycles. The van der Waals surface area contributed by atoms with Gasteiger partial charge < -0.3 is 18.9 Å². The number of ether oxygens (including phenoxy) is 4. The van der Waals surface area contributed by atoms with Crippen LogP contribution in [-0.4, -0.2) is 25.2 Å². The Morgan fingerprint density at radius 1 is 0.423 bits per heavy atom. The molecule has 0 heterocycles. The molecule has 270 valence electrons. The van der Waals surface area contributed by atoms with E-state index in [-0.39, 0.29) is 0 Å². The van der Waals surface area contributed by atoms with Crippen molar-refractivity contribution in [1.29, 1.82) is 0 Å². The minimum atomic E-state index is -0.450. The molecule has 4 rings (SSSR count). The molecule has 0 aliphatic carbocycles. The second-order valence-corrected chi connectivity index (χ2v) is 12.6. The van der Waals surface area contributed by atoms with E-state index in [0.717, 1.165) is 24.3 Å². The highest BCUT2D eigenvalue weighted by Gasteiger charge is 2.10. The van der Waals surface area contributed by atoms with Gasteiger partial charge in [-0.3, -0.25) is 0 Å². The van der Waals surface area contributed by atoms with Crippen LogP contribution in [0.5, 0.6) is 23.0 Å². The van der Waals surface area contributed by atoms with Crippen molar-refractivity contribution < 1.29 is 28.5 Å². The minimum Gasteiger partial charge on any atom is -0.494 e. The fourth-order valence-corrected chi connectivity index (χ4v) is 5.27. The number of esters is 2. The second kappa shape index (κ2) is 23.1. The zero-order valence-electron chi connectivity index (χ0n) is 30.6. The summed E-state index contributed by atoms with van der Waals surface area (Å²) in [5, 5.41) is 0. The highest BCUT2D eigenvalue weighted by molar-refractivity contribution is 5.91. The van der Waals surface area contributed by atoms with Crippen LogP contribution in [-0.2, 0) is 0 Å². The van der Waals surface area contributed by atoms with Crippen molar-refractivity contribution in [2.45, 2.75) is 90.9 Å². The van der Waals surface area contributed by atoms with Gasteiger partial charge in [-0.1, -0.05) is 89.9 Å². The molecule has 0 unspecified atom stereocenters. The number of hydrogen-bond acceptors (Lipinski definition) is 6. The van der Waals surface area contributed by atoms with Crippen molar-refractivity contribution in [3.63, 3.8) is 0 Å². The van der Waals surface area contributed by atoms with Crippen LogP contribution in [0.4, 0.5) is 0 Å². The number of carbonyl (C=O) groups excluding carboxylic acids is 2. The molecule has 0 N–H and O–H groups in total. The quantitative estimate of drug-likeness (QED) is 0.0396. The molecule has 4 aromatic carbocycles. The molecule has 0 aliphatic heterocycles. The topological polar surface area (TPSA) is 71.1 Å². The average Bonchev–Trinajstić information content (AvgIpc) is 3.17. The van der Waals surface area contributed by atoms with Gasteiger partial charge in [0, 0.05) is 11.1 Å². The smallest absolute Gasteiger partial charge is 0.343 e. The Bertz CT molecular complexity index is 1630. The number of unbranched alkanes of at least 4 members (excludes halogenated alkanes) is 10. The maximum atomic E-state index is 12.6. The largest absolute Gasteiger partial charge is 0.494 e. The summed E-state index contributed by atoms with van der Waals surface area (Å²) in [6.45, 7) is 5.81. The van der Waals surface area contributed by atoms with Crippen LogP contribution in [0.3, 0.4) is 0 Å². The first-order valence-corrected chi connectivity index (χ1v) is 18.7. The van der Waals surface area contributed by atoms with Gasteiger partial charge in [0.05, 0.1) is 24.3 Å². The predicted octanol–water partition coefficient (Wildman–Crippen LogP) is 11.0. The molecule has 4 aromatic rings. The summed E-state index contributed by atoms with van der Waals surface area (Å²) in [6.07, 6.45) is 14.6. The summed E-state index contributed by atoms with van der Waals surface area (Å²) in [5.41, 5.74) is 2.27. The first-order chi connectivity index (χ1) is 25.5. The normalized spacial score (nSPS) is 10.3. The Hall–Kier alpha value is -5.46. The third-order valence-electron chi connectivity index (χ3n) is 8.32. The lowest BCUT2D eigenvalue weighted by Gasteiger charge is -2.08. The molecular formula is C46H50O6. The van der Waals surface area contributed by atoms with Crippen molar-refractivity contribution in [2.24, 2.45) is 0 Å². The summed E-state index contributed by atoms with van der Waals surface area (Å²) in [6, 6.07) is 27.9. The Labute approximate surface area is 309 Å². The van der Waals surface area contributed by atoms with Gasteiger partial charge in [-0.15, -0.1) is 0 Å². The van der Waals surface area contributed by atoms with Crippen LogP contribution < -0.4 is 18.9 Å². The van der Waals surface area contributed by atoms with Crippen molar-refractivity contribution in [2.75, 3.05) is 13.2 Å². The van der Waals surface area contributed by atoms with E-state index in [1.54, 1.807) is 72.8 Å². The first kappa shape index (κ1) is 39.3. The Morgan fingerprint density at radius 2 is 0.750 bits per heavy atom. The number of benzene rings is 4. The Morgan fingerprint density at radius 3 is 1.12 bits per heavy atom. The van der Waals surface area contributed by atoms with E-state index < -0.39 is 11.9 Å². The Kier molecular flexibility index (Phi) is 17.5. The molecule has 0 spiro atoms. The monoisotopic (exact) mass is 698 g/mol. The lowest BCUT2D eigenvalue weighted by atomic mass is 10.1. The van der Waals surface area contributed by atoms with Gasteiger partial charge in [0.2, 0.25) is 0 Å². The summed E-state index contributed by atoms with van der Waals surface area (Å²) in [7, 11) is 0. The van der Waals surface area contributed by atoms with Gasteiger partial charge in [0.1, 0.15) is 23.0 Å². The van der Waals surface area contributed by atoms with Crippen LogP contribution >= 0.6 is 0 Å². The SMILES string of the molecule is CCCCCCCCOc1ccc(OC(=O)c2ccc(C#CC#Cc3ccc(C(=O)Oc4ccc(OCCCCCCCC)cc4)cc3)cc2)cc1. The zero-order chi connectivity index (χ0) is 36.6. The van der Waals surface area contributed by atoms with Crippen LogP contribution in [0.25, 0.3) is 0 Å². The van der Waals surface area contributed by atoms with Crippen molar-refractivity contribution >= 4 is 11.9 Å². The van der Waals surface area contributed by atoms with E-state index in [0.29, 0.717) is 47.0 Å². The van der Waals surface area contributed by atoms with Crippen molar-refractivity contribution in [1.82, 2.24) is 0 Å². The number of hydrogen-bond donors (Lipinski definition) is 0. The van der Waals surface area contributed by atoms with Gasteiger partial charge in [-0.2, -0.15) is 0 Å². The van der Waals surface area contributed by atoms with Crippen LogP contribution in [0.15, 0.2) is 97.1 Å². The van der Waals surface area contributed by atoms with E-state index in [1.807, 2.05) is 24.3 Å².